The molecule has 1 fully saturated rings. The molecule has 3 N–H and O–H groups in total. The Morgan fingerprint density at radius 3 is 2.77 bits per heavy atom. The van der Waals surface area contributed by atoms with Crippen molar-refractivity contribution in [2.75, 3.05) is 19.6 Å². The Morgan fingerprint density at radius 2 is 2.31 bits per heavy atom. The van der Waals surface area contributed by atoms with Crippen LogP contribution in [-0.2, 0) is 4.79 Å². The van der Waals surface area contributed by atoms with E-state index in [4.69, 9.17) is 5.73 Å². The number of likely N-dealkylation sites (tertiary alicyclic amines) is 1. The molecule has 0 aromatic heterocycles. The summed E-state index contributed by atoms with van der Waals surface area (Å²) in [6.45, 7) is 6.28. The average Bonchev–Trinajstić information content (AvgIpc) is 2.01. The molecule has 1 aliphatic rings. The van der Waals surface area contributed by atoms with E-state index in [9.17, 15) is 4.79 Å². The summed E-state index contributed by atoms with van der Waals surface area (Å²) in [7, 11) is 0. The molecule has 1 atom stereocenters. The Balaban J connectivity index is 2.11. The molecule has 4 heteroatoms. The number of nitrogens with zero attached hydrogens (tertiary/aromatic N) is 1. The summed E-state index contributed by atoms with van der Waals surface area (Å²) in [4.78, 5) is 13.4. The molecule has 0 aliphatic carbocycles. The number of hydrogen-bond acceptors (Lipinski definition) is 3. The predicted molar refractivity (Wildman–Crippen MR) is 52.3 cm³/mol. The first-order valence-corrected chi connectivity index (χ1v) is 4.89. The van der Waals surface area contributed by atoms with Crippen molar-refractivity contribution in [3.8, 4) is 0 Å². The van der Waals surface area contributed by atoms with Gasteiger partial charge in [0.05, 0.1) is 6.54 Å². The van der Waals surface area contributed by atoms with Gasteiger partial charge in [0.1, 0.15) is 0 Å². The van der Waals surface area contributed by atoms with Crippen molar-refractivity contribution in [1.82, 2.24) is 10.2 Å². The van der Waals surface area contributed by atoms with E-state index in [1.807, 2.05) is 6.92 Å². The molecular formula is C9H19N3O. The molecule has 13 heavy (non-hydrogen) atoms. The monoisotopic (exact) mass is 185 g/mol. The fraction of sp³-hybridized carbons (Fsp3) is 0.889. The lowest BCUT2D eigenvalue weighted by Crippen LogP contribution is -2.58. The van der Waals surface area contributed by atoms with Gasteiger partial charge in [0.2, 0.25) is 5.91 Å². The van der Waals surface area contributed by atoms with E-state index >= 15 is 0 Å². The fourth-order valence-corrected chi connectivity index (χ4v) is 1.36. The van der Waals surface area contributed by atoms with Crippen LogP contribution in [0.5, 0.6) is 0 Å². The van der Waals surface area contributed by atoms with Crippen LogP contribution in [0.2, 0.25) is 0 Å². The molecule has 0 bridgehead atoms. The Labute approximate surface area is 79.5 Å². The predicted octanol–water partition coefficient (Wildman–Crippen LogP) is -0.456. The first kappa shape index (κ1) is 10.5. The van der Waals surface area contributed by atoms with Gasteiger partial charge in [-0.2, -0.15) is 0 Å². The summed E-state index contributed by atoms with van der Waals surface area (Å²) in [5.41, 5.74) is 5.60. The quantitative estimate of drug-likeness (QED) is 0.623. The third kappa shape index (κ3) is 3.32. The second-order valence-electron chi connectivity index (χ2n) is 3.83. The topological polar surface area (TPSA) is 58.4 Å². The minimum Gasteiger partial charge on any atom is -0.353 e. The molecule has 0 unspecified atom stereocenters. The highest BCUT2D eigenvalue weighted by Crippen LogP contribution is 2.03. The Morgan fingerprint density at radius 1 is 1.69 bits per heavy atom. The zero-order valence-corrected chi connectivity index (χ0v) is 8.42. The van der Waals surface area contributed by atoms with Gasteiger partial charge in [0.25, 0.3) is 0 Å². The normalized spacial score (nSPS) is 20.8. The van der Waals surface area contributed by atoms with E-state index in [-0.39, 0.29) is 18.0 Å². The summed E-state index contributed by atoms with van der Waals surface area (Å²) >= 11 is 0. The van der Waals surface area contributed by atoms with Crippen molar-refractivity contribution in [3.05, 3.63) is 0 Å². The van der Waals surface area contributed by atoms with Gasteiger partial charge in [-0.25, -0.2) is 0 Å². The van der Waals surface area contributed by atoms with E-state index in [2.05, 4.69) is 17.1 Å². The molecule has 4 nitrogen and oxygen atoms in total. The van der Waals surface area contributed by atoms with Crippen molar-refractivity contribution in [2.45, 2.75) is 32.4 Å². The molecule has 1 saturated heterocycles. The third-order valence-electron chi connectivity index (χ3n) is 2.37. The van der Waals surface area contributed by atoms with Crippen molar-refractivity contribution in [1.29, 1.82) is 0 Å². The number of nitrogens with one attached hydrogen (secondary N) is 1. The molecule has 0 spiro atoms. The van der Waals surface area contributed by atoms with Gasteiger partial charge in [0, 0.05) is 25.2 Å². The zero-order chi connectivity index (χ0) is 9.84. The smallest absolute Gasteiger partial charge is 0.234 e. The summed E-state index contributed by atoms with van der Waals surface area (Å²) < 4.78 is 0. The highest BCUT2D eigenvalue weighted by atomic mass is 16.2. The number of carbonyl (C=O) groups is 1. The van der Waals surface area contributed by atoms with Crippen molar-refractivity contribution in [2.24, 2.45) is 5.73 Å². The van der Waals surface area contributed by atoms with E-state index in [1.54, 1.807) is 0 Å². The molecule has 1 rings (SSSR count). The standard InChI is InChI=1S/C9H19N3O/c1-3-7(2)11-9(13)6-12-4-8(10)5-12/h7-8H,3-6,10H2,1-2H3,(H,11,13)/t7-/m0/s1. The lowest BCUT2D eigenvalue weighted by atomic mass is 10.1. The van der Waals surface area contributed by atoms with Crippen LogP contribution in [-0.4, -0.2) is 42.5 Å². The van der Waals surface area contributed by atoms with Gasteiger partial charge in [0.15, 0.2) is 0 Å². The van der Waals surface area contributed by atoms with Gasteiger partial charge < -0.3 is 11.1 Å². The van der Waals surface area contributed by atoms with Crippen LogP contribution in [0, 0.1) is 0 Å². The third-order valence-corrected chi connectivity index (χ3v) is 2.37. The van der Waals surface area contributed by atoms with Gasteiger partial charge >= 0.3 is 0 Å². The molecule has 1 aliphatic heterocycles. The van der Waals surface area contributed by atoms with Gasteiger partial charge in [-0.1, -0.05) is 6.92 Å². The van der Waals surface area contributed by atoms with Crippen LogP contribution in [0.15, 0.2) is 0 Å². The van der Waals surface area contributed by atoms with Gasteiger partial charge in [-0.3, -0.25) is 9.69 Å². The second-order valence-corrected chi connectivity index (χ2v) is 3.83. The zero-order valence-electron chi connectivity index (χ0n) is 8.42. The van der Waals surface area contributed by atoms with Crippen molar-refractivity contribution < 1.29 is 4.79 Å². The Hall–Kier alpha value is -0.610. The molecule has 1 amide bonds. The highest BCUT2D eigenvalue weighted by molar-refractivity contribution is 5.78. The SMILES string of the molecule is CC[C@H](C)NC(=O)CN1CC(N)C1. The molecule has 0 saturated carbocycles. The maximum absolute atomic E-state index is 11.3. The average molecular weight is 185 g/mol. The van der Waals surface area contributed by atoms with Crippen LogP contribution in [0.25, 0.3) is 0 Å². The lowest BCUT2D eigenvalue weighted by molar-refractivity contribution is -0.123. The largest absolute Gasteiger partial charge is 0.353 e. The number of amides is 1. The van der Waals surface area contributed by atoms with Crippen LogP contribution in [0.1, 0.15) is 20.3 Å². The number of nitrogens with two attached hydrogens (primary N) is 1. The summed E-state index contributed by atoms with van der Waals surface area (Å²) in [6, 6.07) is 0.554. The maximum atomic E-state index is 11.3. The van der Waals surface area contributed by atoms with E-state index in [1.165, 1.54) is 0 Å². The van der Waals surface area contributed by atoms with Crippen molar-refractivity contribution >= 4 is 5.91 Å². The first-order valence-electron chi connectivity index (χ1n) is 4.89. The van der Waals surface area contributed by atoms with Crippen molar-refractivity contribution in [3.63, 3.8) is 0 Å². The lowest BCUT2D eigenvalue weighted by Gasteiger charge is -2.36. The first-order chi connectivity index (χ1) is 6.11. The summed E-state index contributed by atoms with van der Waals surface area (Å²) in [5, 5.41) is 2.92. The van der Waals surface area contributed by atoms with Crippen LogP contribution in [0.4, 0.5) is 0 Å². The molecule has 0 aromatic carbocycles. The number of rotatable bonds is 4. The van der Waals surface area contributed by atoms with Crippen LogP contribution >= 0.6 is 0 Å². The highest BCUT2D eigenvalue weighted by Gasteiger charge is 2.24. The second kappa shape index (κ2) is 4.58. The molecule has 0 radical (unpaired) electrons. The van der Waals surface area contributed by atoms with E-state index in [0.717, 1.165) is 19.5 Å². The van der Waals surface area contributed by atoms with Crippen LogP contribution in [0.3, 0.4) is 0 Å². The van der Waals surface area contributed by atoms with Crippen LogP contribution < -0.4 is 11.1 Å². The van der Waals surface area contributed by atoms with Gasteiger partial charge in [-0.15, -0.1) is 0 Å². The maximum Gasteiger partial charge on any atom is 0.234 e. The van der Waals surface area contributed by atoms with Gasteiger partial charge in [-0.05, 0) is 13.3 Å². The Kier molecular flexibility index (Phi) is 3.69. The number of hydrogen-bond donors (Lipinski definition) is 2. The van der Waals surface area contributed by atoms with E-state index in [0.29, 0.717) is 6.54 Å². The summed E-state index contributed by atoms with van der Waals surface area (Å²) in [5.74, 6) is 0.112. The molecule has 1 heterocycles. The molecular weight excluding hydrogens is 166 g/mol. The molecule has 76 valence electrons. The Bertz CT molecular complexity index is 178. The number of carbonyl (C=O) groups excluding carboxylic acids is 1. The van der Waals surface area contributed by atoms with E-state index < -0.39 is 0 Å². The minimum atomic E-state index is 0.112. The fourth-order valence-electron chi connectivity index (χ4n) is 1.36. The summed E-state index contributed by atoms with van der Waals surface area (Å²) in [6.07, 6.45) is 0.977. The minimum absolute atomic E-state index is 0.112. The molecule has 0 aromatic rings.